The first kappa shape index (κ1) is 9.06. The molecule has 1 saturated carbocycles. The fourth-order valence-electron chi connectivity index (χ4n) is 2.12. The summed E-state index contributed by atoms with van der Waals surface area (Å²) in [6, 6.07) is 0. The van der Waals surface area contributed by atoms with Crippen molar-refractivity contribution in [1.82, 2.24) is 0 Å². The lowest BCUT2D eigenvalue weighted by Gasteiger charge is -2.12. The van der Waals surface area contributed by atoms with E-state index in [-0.39, 0.29) is 12.5 Å². The molecular formula is C9H12F2O2. The van der Waals surface area contributed by atoms with Gasteiger partial charge in [-0.25, -0.2) is 8.78 Å². The lowest BCUT2D eigenvalue weighted by atomic mass is 9.98. The van der Waals surface area contributed by atoms with E-state index in [4.69, 9.17) is 4.74 Å². The highest BCUT2D eigenvalue weighted by atomic mass is 19.3. The van der Waals surface area contributed by atoms with Crippen LogP contribution in [0, 0.1) is 17.8 Å². The van der Waals surface area contributed by atoms with Gasteiger partial charge in [0, 0.05) is 6.61 Å². The van der Waals surface area contributed by atoms with Crippen LogP contribution in [0.25, 0.3) is 0 Å². The average Bonchev–Trinajstić information content (AvgIpc) is 2.79. The third kappa shape index (κ3) is 1.73. The summed E-state index contributed by atoms with van der Waals surface area (Å²) in [5.41, 5.74) is 0. The van der Waals surface area contributed by atoms with Crippen LogP contribution in [0.4, 0.5) is 8.78 Å². The molecule has 13 heavy (non-hydrogen) atoms. The van der Waals surface area contributed by atoms with E-state index in [9.17, 15) is 13.6 Å². The first-order valence-corrected chi connectivity index (χ1v) is 4.59. The quantitative estimate of drug-likeness (QED) is 0.659. The van der Waals surface area contributed by atoms with Gasteiger partial charge in [-0.3, -0.25) is 4.79 Å². The Balaban J connectivity index is 2.00. The number of rotatable bonds is 2. The maximum Gasteiger partial charge on any atom is 0.296 e. The number of alkyl halides is 2. The molecule has 1 aliphatic carbocycles. The molecule has 0 amide bonds. The first-order valence-electron chi connectivity index (χ1n) is 4.59. The van der Waals surface area contributed by atoms with Crippen molar-refractivity contribution in [3.8, 4) is 0 Å². The fraction of sp³-hybridized carbons (Fsp3) is 0.889. The van der Waals surface area contributed by atoms with Gasteiger partial charge in [0.25, 0.3) is 6.43 Å². The predicted molar refractivity (Wildman–Crippen MR) is 41.5 cm³/mol. The second-order valence-corrected chi connectivity index (χ2v) is 3.83. The summed E-state index contributed by atoms with van der Waals surface area (Å²) < 4.78 is 29.4. The summed E-state index contributed by atoms with van der Waals surface area (Å²) in [6.45, 7) is 0.818. The van der Waals surface area contributed by atoms with Crippen LogP contribution in [-0.2, 0) is 9.53 Å². The van der Waals surface area contributed by atoms with E-state index in [0.717, 1.165) is 12.8 Å². The molecule has 3 unspecified atom stereocenters. The van der Waals surface area contributed by atoms with Gasteiger partial charge >= 0.3 is 0 Å². The van der Waals surface area contributed by atoms with Gasteiger partial charge in [0.15, 0.2) is 0 Å². The molecule has 0 radical (unpaired) electrons. The molecule has 2 rings (SSSR count). The van der Waals surface area contributed by atoms with Crippen LogP contribution in [0.5, 0.6) is 0 Å². The van der Waals surface area contributed by atoms with Gasteiger partial charge in [-0.05, 0) is 24.7 Å². The van der Waals surface area contributed by atoms with E-state index in [0.29, 0.717) is 12.5 Å². The monoisotopic (exact) mass is 190 g/mol. The summed E-state index contributed by atoms with van der Waals surface area (Å²) >= 11 is 0. The lowest BCUT2D eigenvalue weighted by Crippen LogP contribution is -2.27. The maximum absolute atomic E-state index is 12.1. The molecule has 0 aromatic heterocycles. The van der Waals surface area contributed by atoms with Gasteiger partial charge in [-0.2, -0.15) is 0 Å². The Labute approximate surface area is 75.3 Å². The molecule has 4 heteroatoms. The number of carbonyl (C=O) groups is 1. The van der Waals surface area contributed by atoms with Crippen molar-refractivity contribution in [1.29, 1.82) is 0 Å². The number of carbonyl (C=O) groups excluding carboxylic acids is 1. The van der Waals surface area contributed by atoms with E-state index in [1.807, 2.05) is 0 Å². The van der Waals surface area contributed by atoms with E-state index >= 15 is 0 Å². The third-order valence-corrected chi connectivity index (χ3v) is 3.01. The Hall–Kier alpha value is -0.510. The topological polar surface area (TPSA) is 26.3 Å². The molecule has 0 aromatic rings. The molecular weight excluding hydrogens is 178 g/mol. The summed E-state index contributed by atoms with van der Waals surface area (Å²) in [5.74, 6) is -0.805. The number of fused-ring (bicyclic) bond motifs is 1. The SMILES string of the molecule is O=C(C(F)F)C1COCCC2CC21. The lowest BCUT2D eigenvalue weighted by molar-refractivity contribution is -0.136. The molecule has 0 aromatic carbocycles. The first-order chi connectivity index (χ1) is 6.20. The van der Waals surface area contributed by atoms with E-state index < -0.39 is 18.1 Å². The van der Waals surface area contributed by atoms with Gasteiger partial charge < -0.3 is 4.74 Å². The third-order valence-electron chi connectivity index (χ3n) is 3.01. The molecule has 0 N–H and O–H groups in total. The highest BCUT2D eigenvalue weighted by molar-refractivity contribution is 5.84. The molecule has 1 aliphatic heterocycles. The largest absolute Gasteiger partial charge is 0.381 e. The summed E-state index contributed by atoms with van der Waals surface area (Å²) in [6.07, 6.45) is -0.961. The number of Topliss-reactive ketones (excluding diaryl/α,β-unsaturated/α-hetero) is 1. The molecule has 2 aliphatic rings. The van der Waals surface area contributed by atoms with Gasteiger partial charge in [0.2, 0.25) is 5.78 Å². The van der Waals surface area contributed by atoms with Crippen LogP contribution >= 0.6 is 0 Å². The highest BCUT2D eigenvalue weighted by Crippen LogP contribution is 2.48. The van der Waals surface area contributed by atoms with Gasteiger partial charge in [0.1, 0.15) is 0 Å². The highest BCUT2D eigenvalue weighted by Gasteiger charge is 2.48. The molecule has 3 atom stereocenters. The Morgan fingerprint density at radius 2 is 2.23 bits per heavy atom. The zero-order valence-corrected chi connectivity index (χ0v) is 7.21. The van der Waals surface area contributed by atoms with Crippen LogP contribution in [0.2, 0.25) is 0 Å². The number of ether oxygens (including phenoxy) is 1. The Morgan fingerprint density at radius 3 is 2.92 bits per heavy atom. The van der Waals surface area contributed by atoms with Gasteiger partial charge in [0.05, 0.1) is 12.5 Å². The van der Waals surface area contributed by atoms with Crippen LogP contribution < -0.4 is 0 Å². The zero-order chi connectivity index (χ0) is 9.42. The van der Waals surface area contributed by atoms with E-state index in [1.54, 1.807) is 0 Å². The molecule has 1 heterocycles. The minimum absolute atomic E-state index is 0.184. The number of halogens is 2. The molecule has 0 spiro atoms. The van der Waals surface area contributed by atoms with Crippen LogP contribution in [0.1, 0.15) is 12.8 Å². The smallest absolute Gasteiger partial charge is 0.296 e. The number of hydrogen-bond acceptors (Lipinski definition) is 2. The maximum atomic E-state index is 12.1. The standard InChI is InChI=1S/C9H12F2O2/c10-9(11)8(12)7-4-13-2-1-5-3-6(5)7/h5-7,9H,1-4H2. The Kier molecular flexibility index (Phi) is 2.32. The number of hydrogen-bond donors (Lipinski definition) is 0. The van der Waals surface area contributed by atoms with Crippen molar-refractivity contribution < 1.29 is 18.3 Å². The van der Waals surface area contributed by atoms with Crippen LogP contribution in [0.15, 0.2) is 0 Å². The Morgan fingerprint density at radius 1 is 1.46 bits per heavy atom. The van der Waals surface area contributed by atoms with Gasteiger partial charge in [-0.1, -0.05) is 0 Å². The molecule has 2 nitrogen and oxygen atoms in total. The Bertz CT molecular complexity index is 218. The predicted octanol–water partition coefficient (Wildman–Crippen LogP) is 1.49. The normalized spacial score (nSPS) is 38.2. The minimum atomic E-state index is -2.83. The molecule has 0 bridgehead atoms. The van der Waals surface area contributed by atoms with Gasteiger partial charge in [-0.15, -0.1) is 0 Å². The van der Waals surface area contributed by atoms with Crippen LogP contribution in [0.3, 0.4) is 0 Å². The molecule has 2 fully saturated rings. The van der Waals surface area contributed by atoms with E-state index in [1.165, 1.54) is 0 Å². The average molecular weight is 190 g/mol. The van der Waals surface area contributed by atoms with Crippen molar-refractivity contribution in [2.45, 2.75) is 19.3 Å². The number of ketones is 1. The van der Waals surface area contributed by atoms with Crippen molar-refractivity contribution >= 4 is 5.78 Å². The van der Waals surface area contributed by atoms with Crippen molar-refractivity contribution in [2.24, 2.45) is 17.8 Å². The zero-order valence-electron chi connectivity index (χ0n) is 7.21. The molecule has 74 valence electrons. The van der Waals surface area contributed by atoms with Crippen molar-refractivity contribution in [3.63, 3.8) is 0 Å². The second kappa shape index (κ2) is 3.33. The summed E-state index contributed by atoms with van der Waals surface area (Å²) in [7, 11) is 0. The minimum Gasteiger partial charge on any atom is -0.381 e. The summed E-state index contributed by atoms with van der Waals surface area (Å²) in [5, 5.41) is 0. The second-order valence-electron chi connectivity index (χ2n) is 3.83. The van der Waals surface area contributed by atoms with E-state index in [2.05, 4.69) is 0 Å². The summed E-state index contributed by atoms with van der Waals surface area (Å²) in [4.78, 5) is 11.1. The van der Waals surface area contributed by atoms with Crippen molar-refractivity contribution in [3.05, 3.63) is 0 Å². The fourth-order valence-corrected chi connectivity index (χ4v) is 2.12. The molecule has 1 saturated heterocycles. The van der Waals surface area contributed by atoms with Crippen molar-refractivity contribution in [2.75, 3.05) is 13.2 Å². The van der Waals surface area contributed by atoms with Crippen LogP contribution in [-0.4, -0.2) is 25.4 Å².